The lowest BCUT2D eigenvalue weighted by molar-refractivity contribution is 0.102. The molecule has 4 N–H and O–H groups in total. The molecule has 0 bridgehead atoms. The van der Waals surface area contributed by atoms with Crippen molar-refractivity contribution in [1.29, 1.82) is 0 Å². The number of aromatic nitrogens is 2. The van der Waals surface area contributed by atoms with Gasteiger partial charge >= 0.3 is 0 Å². The van der Waals surface area contributed by atoms with Crippen LogP contribution in [0.25, 0.3) is 0 Å². The Labute approximate surface area is 109 Å². The Morgan fingerprint density at radius 1 is 1.44 bits per heavy atom. The van der Waals surface area contributed by atoms with Crippen LogP contribution in [0.3, 0.4) is 0 Å². The maximum atomic E-state index is 12.0. The summed E-state index contributed by atoms with van der Waals surface area (Å²) in [5, 5.41) is 9.96. The molecule has 2 rings (SSSR count). The predicted molar refractivity (Wildman–Crippen MR) is 71.9 cm³/mol. The molecule has 0 saturated heterocycles. The van der Waals surface area contributed by atoms with Gasteiger partial charge in [0.05, 0.1) is 5.56 Å². The Hall–Kier alpha value is -2.01. The van der Waals surface area contributed by atoms with Crippen LogP contribution in [-0.4, -0.2) is 16.1 Å². The van der Waals surface area contributed by atoms with E-state index in [0.717, 1.165) is 11.3 Å². The number of aromatic amines is 1. The number of aryl methyl sites for hydroxylation is 1. The summed E-state index contributed by atoms with van der Waals surface area (Å²) in [4.78, 5) is 12.0. The molecule has 1 aromatic carbocycles. The van der Waals surface area contributed by atoms with Gasteiger partial charge in [0, 0.05) is 22.0 Å². The first-order valence-electron chi connectivity index (χ1n) is 5.37. The third kappa shape index (κ3) is 2.31. The zero-order valence-electron chi connectivity index (χ0n) is 10.0. The first-order chi connectivity index (χ1) is 8.49. The van der Waals surface area contributed by atoms with E-state index >= 15 is 0 Å². The Kier molecular flexibility index (Phi) is 3.25. The number of hydrogen-bond donors (Lipinski definition) is 3. The molecule has 1 heterocycles. The molecule has 1 aromatic heterocycles. The van der Waals surface area contributed by atoms with Crippen LogP contribution in [0.4, 0.5) is 11.5 Å². The molecule has 0 aliphatic rings. The van der Waals surface area contributed by atoms with Crippen molar-refractivity contribution in [2.24, 2.45) is 0 Å². The normalized spacial score (nSPS) is 10.4. The zero-order valence-corrected chi connectivity index (χ0v) is 10.8. The highest BCUT2D eigenvalue weighted by Crippen LogP contribution is 2.20. The van der Waals surface area contributed by atoms with Crippen molar-refractivity contribution in [2.75, 3.05) is 11.1 Å². The van der Waals surface area contributed by atoms with E-state index in [1.807, 2.05) is 13.8 Å². The van der Waals surface area contributed by atoms with E-state index in [0.29, 0.717) is 22.1 Å². The van der Waals surface area contributed by atoms with Crippen molar-refractivity contribution in [3.8, 4) is 0 Å². The number of benzene rings is 1. The van der Waals surface area contributed by atoms with E-state index in [1.165, 1.54) is 6.07 Å². The minimum absolute atomic E-state index is 0.329. The van der Waals surface area contributed by atoms with Gasteiger partial charge in [-0.05, 0) is 32.0 Å². The number of rotatable bonds is 2. The number of anilines is 2. The number of carbonyl (C=O) groups is 1. The van der Waals surface area contributed by atoms with Gasteiger partial charge in [0.25, 0.3) is 5.91 Å². The average Bonchev–Trinajstić information content (AvgIpc) is 2.64. The van der Waals surface area contributed by atoms with Crippen molar-refractivity contribution in [3.05, 3.63) is 40.0 Å². The first-order valence-corrected chi connectivity index (χ1v) is 5.74. The molecule has 0 saturated carbocycles. The van der Waals surface area contributed by atoms with Crippen molar-refractivity contribution >= 4 is 29.0 Å². The van der Waals surface area contributed by atoms with Gasteiger partial charge < -0.3 is 11.1 Å². The topological polar surface area (TPSA) is 83.8 Å². The van der Waals surface area contributed by atoms with Crippen LogP contribution in [0.1, 0.15) is 21.6 Å². The second-order valence-electron chi connectivity index (χ2n) is 4.01. The quantitative estimate of drug-likeness (QED) is 0.729. The van der Waals surface area contributed by atoms with Gasteiger partial charge in [-0.25, -0.2) is 0 Å². The number of nitrogens with two attached hydrogens (primary N) is 1. The van der Waals surface area contributed by atoms with Gasteiger partial charge in [0.1, 0.15) is 0 Å². The lowest BCUT2D eigenvalue weighted by Crippen LogP contribution is -2.15. The van der Waals surface area contributed by atoms with Crippen molar-refractivity contribution < 1.29 is 4.79 Å². The summed E-state index contributed by atoms with van der Waals surface area (Å²) >= 11 is 5.84. The third-order valence-electron chi connectivity index (χ3n) is 2.75. The standard InChI is InChI=1S/C12H13ClN4O/c1-6-7(2)16-17-11(6)15-12(18)9-5-8(13)3-4-10(9)14/h3-5H,14H2,1-2H3,(H2,15,16,17,18). The van der Waals surface area contributed by atoms with Gasteiger partial charge in [-0.2, -0.15) is 5.10 Å². The van der Waals surface area contributed by atoms with Crippen LogP contribution in [0.15, 0.2) is 18.2 Å². The van der Waals surface area contributed by atoms with Crippen LogP contribution in [0.5, 0.6) is 0 Å². The van der Waals surface area contributed by atoms with Gasteiger partial charge in [-0.15, -0.1) is 0 Å². The Balaban J connectivity index is 2.27. The lowest BCUT2D eigenvalue weighted by atomic mass is 10.1. The largest absolute Gasteiger partial charge is 0.398 e. The number of halogens is 1. The SMILES string of the molecule is Cc1[nH]nc(NC(=O)c2cc(Cl)ccc2N)c1C. The van der Waals surface area contributed by atoms with Gasteiger partial charge in [-0.3, -0.25) is 9.89 Å². The van der Waals surface area contributed by atoms with Crippen molar-refractivity contribution in [1.82, 2.24) is 10.2 Å². The fraction of sp³-hybridized carbons (Fsp3) is 0.167. The molecule has 0 aliphatic heterocycles. The van der Waals surface area contributed by atoms with E-state index in [-0.39, 0.29) is 5.91 Å². The molecule has 94 valence electrons. The Bertz CT molecular complexity index is 606. The smallest absolute Gasteiger partial charge is 0.259 e. The highest BCUT2D eigenvalue weighted by atomic mass is 35.5. The lowest BCUT2D eigenvalue weighted by Gasteiger charge is -2.06. The van der Waals surface area contributed by atoms with E-state index in [1.54, 1.807) is 12.1 Å². The predicted octanol–water partition coefficient (Wildman–Crippen LogP) is 2.51. The minimum Gasteiger partial charge on any atom is -0.398 e. The van der Waals surface area contributed by atoms with Crippen molar-refractivity contribution in [3.63, 3.8) is 0 Å². The first kappa shape index (κ1) is 12.4. The van der Waals surface area contributed by atoms with E-state index in [2.05, 4.69) is 15.5 Å². The van der Waals surface area contributed by atoms with Gasteiger partial charge in [0.15, 0.2) is 5.82 Å². The fourth-order valence-corrected chi connectivity index (χ4v) is 1.68. The van der Waals surface area contributed by atoms with Crippen LogP contribution < -0.4 is 11.1 Å². The summed E-state index contributed by atoms with van der Waals surface area (Å²) in [5.41, 5.74) is 8.25. The summed E-state index contributed by atoms with van der Waals surface area (Å²) < 4.78 is 0. The van der Waals surface area contributed by atoms with Crippen LogP contribution in [-0.2, 0) is 0 Å². The monoisotopic (exact) mass is 264 g/mol. The molecule has 0 unspecified atom stereocenters. The maximum absolute atomic E-state index is 12.0. The number of amides is 1. The summed E-state index contributed by atoms with van der Waals surface area (Å²) in [6, 6.07) is 4.76. The number of nitrogens with one attached hydrogen (secondary N) is 2. The fourth-order valence-electron chi connectivity index (χ4n) is 1.51. The summed E-state index contributed by atoms with van der Waals surface area (Å²) in [7, 11) is 0. The second-order valence-corrected chi connectivity index (χ2v) is 4.44. The Morgan fingerprint density at radius 2 is 2.17 bits per heavy atom. The molecule has 2 aromatic rings. The number of hydrogen-bond acceptors (Lipinski definition) is 3. The second kappa shape index (κ2) is 4.70. The third-order valence-corrected chi connectivity index (χ3v) is 2.98. The molecular weight excluding hydrogens is 252 g/mol. The highest BCUT2D eigenvalue weighted by molar-refractivity contribution is 6.31. The molecule has 1 amide bonds. The highest BCUT2D eigenvalue weighted by Gasteiger charge is 2.14. The molecule has 6 heteroatoms. The number of carbonyl (C=O) groups excluding carboxylic acids is 1. The molecule has 0 spiro atoms. The zero-order chi connectivity index (χ0) is 13.3. The van der Waals surface area contributed by atoms with Crippen molar-refractivity contribution in [2.45, 2.75) is 13.8 Å². The molecule has 18 heavy (non-hydrogen) atoms. The van der Waals surface area contributed by atoms with E-state index in [9.17, 15) is 4.79 Å². The van der Waals surface area contributed by atoms with Crippen LogP contribution in [0, 0.1) is 13.8 Å². The minimum atomic E-state index is -0.329. The molecular formula is C12H13ClN4O. The molecule has 0 atom stereocenters. The Morgan fingerprint density at radius 3 is 2.78 bits per heavy atom. The van der Waals surface area contributed by atoms with Gasteiger partial charge in [0.2, 0.25) is 0 Å². The summed E-state index contributed by atoms with van der Waals surface area (Å²) in [5.74, 6) is 0.168. The van der Waals surface area contributed by atoms with E-state index < -0.39 is 0 Å². The van der Waals surface area contributed by atoms with E-state index in [4.69, 9.17) is 17.3 Å². The van der Waals surface area contributed by atoms with Crippen LogP contribution in [0.2, 0.25) is 5.02 Å². The van der Waals surface area contributed by atoms with Gasteiger partial charge in [-0.1, -0.05) is 11.6 Å². The molecule has 0 radical (unpaired) electrons. The molecule has 0 fully saturated rings. The molecule has 5 nitrogen and oxygen atoms in total. The molecule has 0 aliphatic carbocycles. The van der Waals surface area contributed by atoms with Crippen LogP contribution >= 0.6 is 11.6 Å². The number of nitrogen functional groups attached to an aromatic ring is 1. The summed E-state index contributed by atoms with van der Waals surface area (Å²) in [6.07, 6.45) is 0. The average molecular weight is 265 g/mol. The summed E-state index contributed by atoms with van der Waals surface area (Å²) in [6.45, 7) is 3.75. The number of H-pyrrole nitrogens is 1. The number of nitrogens with zero attached hydrogens (tertiary/aromatic N) is 1. The maximum Gasteiger partial charge on any atom is 0.259 e.